The summed E-state index contributed by atoms with van der Waals surface area (Å²) in [6.07, 6.45) is 6.57. The van der Waals surface area contributed by atoms with E-state index in [-0.39, 0.29) is 12.1 Å². The zero-order valence-electron chi connectivity index (χ0n) is 9.23. The quantitative estimate of drug-likeness (QED) is 0.501. The van der Waals surface area contributed by atoms with E-state index in [9.17, 15) is 0 Å². The van der Waals surface area contributed by atoms with Crippen molar-refractivity contribution in [3.63, 3.8) is 0 Å². The molecule has 16 heavy (non-hydrogen) atoms. The van der Waals surface area contributed by atoms with Gasteiger partial charge in [0.25, 0.3) is 0 Å². The molecule has 0 radical (unpaired) electrons. The Kier molecular flexibility index (Phi) is 3.71. The highest BCUT2D eigenvalue weighted by Crippen LogP contribution is 2.20. The van der Waals surface area contributed by atoms with E-state index >= 15 is 0 Å². The molecule has 2 rings (SSSR count). The zero-order valence-corrected chi connectivity index (χ0v) is 9.23. The second-order valence-corrected chi connectivity index (χ2v) is 4.10. The Labute approximate surface area is 95.1 Å². The molecule has 5 heteroatoms. The molecule has 0 amide bonds. The molecule has 88 valence electrons. The van der Waals surface area contributed by atoms with E-state index in [0.29, 0.717) is 0 Å². The number of nitrogens with zero attached hydrogens (tertiary/aromatic N) is 1. The molecular weight excluding hydrogens is 204 g/mol. The molecule has 5 N–H and O–H groups in total. The SMILES string of the molecule is NNC(Cc1cnccc1N)C1CCCO1. The van der Waals surface area contributed by atoms with E-state index in [0.717, 1.165) is 37.1 Å². The molecule has 2 unspecified atom stereocenters. The van der Waals surface area contributed by atoms with E-state index in [4.69, 9.17) is 16.3 Å². The molecule has 1 aromatic heterocycles. The highest BCUT2D eigenvalue weighted by atomic mass is 16.5. The number of nitrogens with two attached hydrogens (primary N) is 2. The van der Waals surface area contributed by atoms with Crippen LogP contribution in [0.2, 0.25) is 0 Å². The summed E-state index contributed by atoms with van der Waals surface area (Å²) >= 11 is 0. The number of pyridine rings is 1. The number of hydrazine groups is 1. The first-order valence-electron chi connectivity index (χ1n) is 5.57. The largest absolute Gasteiger partial charge is 0.398 e. The summed E-state index contributed by atoms with van der Waals surface area (Å²) in [6.45, 7) is 0.825. The highest BCUT2D eigenvalue weighted by molar-refractivity contribution is 5.44. The van der Waals surface area contributed by atoms with Crippen molar-refractivity contribution in [1.82, 2.24) is 10.4 Å². The van der Waals surface area contributed by atoms with Crippen molar-refractivity contribution >= 4 is 5.69 Å². The van der Waals surface area contributed by atoms with Crippen molar-refractivity contribution in [2.45, 2.75) is 31.4 Å². The van der Waals surface area contributed by atoms with Gasteiger partial charge in [0, 0.05) is 24.7 Å². The van der Waals surface area contributed by atoms with Gasteiger partial charge in [0.2, 0.25) is 0 Å². The Morgan fingerprint density at radius 1 is 1.62 bits per heavy atom. The lowest BCUT2D eigenvalue weighted by molar-refractivity contribution is 0.0785. The minimum Gasteiger partial charge on any atom is -0.398 e. The van der Waals surface area contributed by atoms with E-state index in [1.165, 1.54) is 0 Å². The third kappa shape index (κ3) is 2.49. The fourth-order valence-corrected chi connectivity index (χ4v) is 2.06. The van der Waals surface area contributed by atoms with Gasteiger partial charge in [0.05, 0.1) is 12.1 Å². The monoisotopic (exact) mass is 222 g/mol. The number of rotatable bonds is 4. The minimum atomic E-state index is 0.106. The van der Waals surface area contributed by atoms with Crippen LogP contribution in [-0.4, -0.2) is 23.7 Å². The second kappa shape index (κ2) is 5.25. The highest BCUT2D eigenvalue weighted by Gasteiger charge is 2.25. The summed E-state index contributed by atoms with van der Waals surface area (Å²) in [5.74, 6) is 5.56. The van der Waals surface area contributed by atoms with Crippen LogP contribution in [0.1, 0.15) is 18.4 Å². The van der Waals surface area contributed by atoms with Crippen molar-refractivity contribution in [2.24, 2.45) is 5.84 Å². The normalized spacial score (nSPS) is 22.2. The number of hydrogen-bond acceptors (Lipinski definition) is 5. The standard InChI is InChI=1S/C11H18N4O/c12-9-3-4-14-7-8(9)6-10(15-13)11-2-1-5-16-11/h3-4,7,10-11,15H,1-2,5-6,13H2,(H2,12,14). The molecular formula is C11H18N4O. The van der Waals surface area contributed by atoms with Crippen LogP contribution in [0.15, 0.2) is 18.5 Å². The zero-order chi connectivity index (χ0) is 11.4. The summed E-state index contributed by atoms with van der Waals surface area (Å²) in [7, 11) is 0. The Hall–Kier alpha value is -1.17. The molecule has 1 aliphatic rings. The van der Waals surface area contributed by atoms with Crippen molar-refractivity contribution in [2.75, 3.05) is 12.3 Å². The van der Waals surface area contributed by atoms with Gasteiger partial charge in [0.1, 0.15) is 0 Å². The third-order valence-corrected chi connectivity index (χ3v) is 3.01. The number of ether oxygens (including phenoxy) is 1. The van der Waals surface area contributed by atoms with Gasteiger partial charge < -0.3 is 10.5 Å². The van der Waals surface area contributed by atoms with Crippen molar-refractivity contribution in [3.8, 4) is 0 Å². The maximum atomic E-state index is 5.87. The predicted molar refractivity (Wildman–Crippen MR) is 62.4 cm³/mol. The smallest absolute Gasteiger partial charge is 0.0745 e. The molecule has 1 aliphatic heterocycles. The van der Waals surface area contributed by atoms with Gasteiger partial charge in [-0.25, -0.2) is 0 Å². The molecule has 1 aromatic rings. The fourth-order valence-electron chi connectivity index (χ4n) is 2.06. The van der Waals surface area contributed by atoms with E-state index in [1.54, 1.807) is 18.5 Å². The van der Waals surface area contributed by atoms with Crippen molar-refractivity contribution < 1.29 is 4.74 Å². The Morgan fingerprint density at radius 2 is 2.50 bits per heavy atom. The maximum absolute atomic E-state index is 5.87. The van der Waals surface area contributed by atoms with Crippen LogP contribution in [0, 0.1) is 0 Å². The van der Waals surface area contributed by atoms with Gasteiger partial charge in [-0.3, -0.25) is 16.3 Å². The van der Waals surface area contributed by atoms with E-state index < -0.39 is 0 Å². The van der Waals surface area contributed by atoms with Crippen LogP contribution in [0.25, 0.3) is 0 Å². The topological polar surface area (TPSA) is 86.2 Å². The average Bonchev–Trinajstić information content (AvgIpc) is 2.81. The molecule has 2 heterocycles. The number of nitrogens with one attached hydrogen (secondary N) is 1. The van der Waals surface area contributed by atoms with Gasteiger partial charge in [-0.05, 0) is 30.9 Å². The van der Waals surface area contributed by atoms with Gasteiger partial charge in [-0.2, -0.15) is 0 Å². The summed E-state index contributed by atoms with van der Waals surface area (Å²) in [4.78, 5) is 4.07. The van der Waals surface area contributed by atoms with Crippen molar-refractivity contribution in [1.29, 1.82) is 0 Å². The van der Waals surface area contributed by atoms with E-state index in [1.807, 2.05) is 0 Å². The summed E-state index contributed by atoms with van der Waals surface area (Å²) in [5.41, 5.74) is 10.5. The average molecular weight is 222 g/mol. The van der Waals surface area contributed by atoms with Gasteiger partial charge in [-0.1, -0.05) is 0 Å². The van der Waals surface area contributed by atoms with Crippen LogP contribution in [0.5, 0.6) is 0 Å². The summed E-state index contributed by atoms with van der Waals surface area (Å²) < 4.78 is 5.61. The first-order valence-corrected chi connectivity index (χ1v) is 5.57. The Morgan fingerprint density at radius 3 is 3.12 bits per heavy atom. The van der Waals surface area contributed by atoms with Gasteiger partial charge in [-0.15, -0.1) is 0 Å². The van der Waals surface area contributed by atoms with Crippen LogP contribution >= 0.6 is 0 Å². The molecule has 0 saturated carbocycles. The van der Waals surface area contributed by atoms with Gasteiger partial charge >= 0.3 is 0 Å². The molecule has 1 saturated heterocycles. The summed E-state index contributed by atoms with van der Waals surface area (Å²) in [6, 6.07) is 1.91. The van der Waals surface area contributed by atoms with Crippen LogP contribution in [-0.2, 0) is 11.2 Å². The molecule has 0 aromatic carbocycles. The number of anilines is 1. The van der Waals surface area contributed by atoms with Crippen LogP contribution < -0.4 is 17.0 Å². The lowest BCUT2D eigenvalue weighted by Crippen LogP contribution is -2.45. The minimum absolute atomic E-state index is 0.106. The Bertz CT molecular complexity index is 339. The summed E-state index contributed by atoms with van der Waals surface area (Å²) in [5, 5.41) is 0. The van der Waals surface area contributed by atoms with E-state index in [2.05, 4.69) is 10.4 Å². The number of aromatic nitrogens is 1. The molecule has 0 spiro atoms. The lowest BCUT2D eigenvalue weighted by atomic mass is 10.0. The lowest BCUT2D eigenvalue weighted by Gasteiger charge is -2.22. The first-order chi connectivity index (χ1) is 7.81. The molecule has 2 atom stereocenters. The third-order valence-electron chi connectivity index (χ3n) is 3.01. The second-order valence-electron chi connectivity index (χ2n) is 4.10. The van der Waals surface area contributed by atoms with Gasteiger partial charge in [0.15, 0.2) is 0 Å². The molecule has 0 aliphatic carbocycles. The van der Waals surface area contributed by atoms with Crippen LogP contribution in [0.4, 0.5) is 5.69 Å². The van der Waals surface area contributed by atoms with Crippen LogP contribution in [0.3, 0.4) is 0 Å². The number of nitrogen functional groups attached to an aromatic ring is 1. The predicted octanol–water partition coefficient (Wildman–Crippen LogP) is 0.217. The Balaban J connectivity index is 2.03. The molecule has 1 fully saturated rings. The van der Waals surface area contributed by atoms with Crippen molar-refractivity contribution in [3.05, 3.63) is 24.0 Å². The maximum Gasteiger partial charge on any atom is 0.0745 e. The number of hydrogen-bond donors (Lipinski definition) is 3. The molecule has 0 bridgehead atoms. The molecule has 5 nitrogen and oxygen atoms in total. The first kappa shape index (κ1) is 11.3. The fraction of sp³-hybridized carbons (Fsp3) is 0.545.